The standard InChI is InChI=1S/C10H10N6O/c11-9-4-3-8(15-16-9)10(17)12-6-7-2-1-5-13-14-7/h1-5H,6H2,(H2,11,16)(H,12,17). The van der Waals surface area contributed by atoms with Crippen molar-refractivity contribution < 1.29 is 4.79 Å². The van der Waals surface area contributed by atoms with E-state index >= 15 is 0 Å². The molecule has 0 radical (unpaired) electrons. The van der Waals surface area contributed by atoms with Crippen LogP contribution in [0, 0.1) is 0 Å². The average molecular weight is 230 g/mol. The highest BCUT2D eigenvalue weighted by atomic mass is 16.1. The summed E-state index contributed by atoms with van der Waals surface area (Å²) in [5.74, 6) is -0.0568. The Bertz CT molecular complexity index is 498. The van der Waals surface area contributed by atoms with E-state index in [1.54, 1.807) is 18.3 Å². The maximum Gasteiger partial charge on any atom is 0.272 e. The Kier molecular flexibility index (Phi) is 3.20. The number of carbonyl (C=O) groups is 1. The number of nitrogens with one attached hydrogen (secondary N) is 1. The molecule has 0 aliphatic carbocycles. The molecule has 0 saturated heterocycles. The van der Waals surface area contributed by atoms with E-state index in [-0.39, 0.29) is 17.4 Å². The first-order chi connectivity index (χ1) is 8.25. The summed E-state index contributed by atoms with van der Waals surface area (Å²) in [5.41, 5.74) is 6.25. The van der Waals surface area contributed by atoms with Gasteiger partial charge in [0.25, 0.3) is 5.91 Å². The number of anilines is 1. The summed E-state index contributed by atoms with van der Waals surface area (Å²) in [6, 6.07) is 6.54. The zero-order valence-electron chi connectivity index (χ0n) is 8.87. The second-order valence-corrected chi connectivity index (χ2v) is 3.24. The van der Waals surface area contributed by atoms with E-state index in [1.807, 2.05) is 0 Å². The van der Waals surface area contributed by atoms with E-state index in [1.165, 1.54) is 12.1 Å². The molecule has 0 aliphatic rings. The zero-order chi connectivity index (χ0) is 12.1. The molecule has 0 spiro atoms. The van der Waals surface area contributed by atoms with E-state index < -0.39 is 0 Å². The smallest absolute Gasteiger partial charge is 0.272 e. The van der Waals surface area contributed by atoms with E-state index in [0.717, 1.165) is 0 Å². The molecule has 86 valence electrons. The van der Waals surface area contributed by atoms with Crippen LogP contribution in [0.2, 0.25) is 0 Å². The first kappa shape index (κ1) is 10.9. The fourth-order valence-corrected chi connectivity index (χ4v) is 1.15. The number of rotatable bonds is 3. The second-order valence-electron chi connectivity index (χ2n) is 3.24. The number of nitrogens with zero attached hydrogens (tertiary/aromatic N) is 4. The molecule has 1 amide bonds. The van der Waals surface area contributed by atoms with Crippen molar-refractivity contribution in [3.63, 3.8) is 0 Å². The predicted molar refractivity (Wildman–Crippen MR) is 59.6 cm³/mol. The molecular formula is C10H10N6O. The Hall–Kier alpha value is -2.57. The van der Waals surface area contributed by atoms with Gasteiger partial charge >= 0.3 is 0 Å². The summed E-state index contributed by atoms with van der Waals surface area (Å²) < 4.78 is 0. The van der Waals surface area contributed by atoms with Gasteiger partial charge in [-0.1, -0.05) is 0 Å². The Morgan fingerprint density at radius 3 is 2.76 bits per heavy atom. The molecule has 3 N–H and O–H groups in total. The normalized spacial score (nSPS) is 9.88. The van der Waals surface area contributed by atoms with Crippen LogP contribution in [0.4, 0.5) is 5.82 Å². The van der Waals surface area contributed by atoms with E-state index in [2.05, 4.69) is 25.7 Å². The van der Waals surface area contributed by atoms with Gasteiger partial charge in [-0.25, -0.2) is 0 Å². The maximum absolute atomic E-state index is 11.6. The molecule has 0 fully saturated rings. The van der Waals surface area contributed by atoms with Crippen molar-refractivity contribution in [3.05, 3.63) is 41.9 Å². The minimum atomic E-state index is -0.330. The van der Waals surface area contributed by atoms with Gasteiger partial charge < -0.3 is 11.1 Å². The lowest BCUT2D eigenvalue weighted by Gasteiger charge is -2.02. The average Bonchev–Trinajstić information content (AvgIpc) is 2.38. The van der Waals surface area contributed by atoms with Gasteiger partial charge in [0.05, 0.1) is 12.2 Å². The van der Waals surface area contributed by atoms with E-state index in [9.17, 15) is 4.79 Å². The summed E-state index contributed by atoms with van der Waals surface area (Å²) in [4.78, 5) is 11.6. The fourth-order valence-electron chi connectivity index (χ4n) is 1.15. The molecule has 0 unspecified atom stereocenters. The summed E-state index contributed by atoms with van der Waals surface area (Å²) in [5, 5.41) is 17.5. The highest BCUT2D eigenvalue weighted by molar-refractivity contribution is 5.92. The molecule has 0 aliphatic heterocycles. The summed E-state index contributed by atoms with van der Waals surface area (Å²) in [6.45, 7) is 0.290. The van der Waals surface area contributed by atoms with Gasteiger partial charge in [-0.05, 0) is 24.3 Å². The van der Waals surface area contributed by atoms with Crippen LogP contribution < -0.4 is 11.1 Å². The summed E-state index contributed by atoms with van der Waals surface area (Å²) >= 11 is 0. The number of carbonyl (C=O) groups excluding carboxylic acids is 1. The first-order valence-electron chi connectivity index (χ1n) is 4.89. The van der Waals surface area contributed by atoms with Gasteiger partial charge in [0, 0.05) is 6.20 Å². The lowest BCUT2D eigenvalue weighted by molar-refractivity contribution is 0.0944. The lowest BCUT2D eigenvalue weighted by Crippen LogP contribution is -2.24. The molecule has 2 aromatic rings. The lowest BCUT2D eigenvalue weighted by atomic mass is 10.3. The Labute approximate surface area is 97.1 Å². The number of amides is 1. The number of aromatic nitrogens is 4. The minimum Gasteiger partial charge on any atom is -0.382 e. The SMILES string of the molecule is Nc1ccc(C(=O)NCc2cccnn2)nn1. The predicted octanol–water partition coefficient (Wildman–Crippen LogP) is -0.221. The third-order valence-corrected chi connectivity index (χ3v) is 1.98. The Morgan fingerprint density at radius 2 is 2.12 bits per heavy atom. The van der Waals surface area contributed by atoms with Crippen LogP contribution in [-0.2, 0) is 6.54 Å². The maximum atomic E-state index is 11.6. The van der Waals surface area contributed by atoms with Crippen molar-refractivity contribution in [1.82, 2.24) is 25.7 Å². The third kappa shape index (κ3) is 2.94. The Balaban J connectivity index is 1.96. The number of nitrogens with two attached hydrogens (primary N) is 1. The number of nitrogen functional groups attached to an aromatic ring is 1. The molecular weight excluding hydrogens is 220 g/mol. The van der Waals surface area contributed by atoms with Crippen LogP contribution in [0.25, 0.3) is 0 Å². The van der Waals surface area contributed by atoms with Gasteiger partial charge in [0.15, 0.2) is 5.69 Å². The van der Waals surface area contributed by atoms with Gasteiger partial charge in [0.1, 0.15) is 5.82 Å². The van der Waals surface area contributed by atoms with Gasteiger partial charge in [-0.2, -0.15) is 10.2 Å². The summed E-state index contributed by atoms with van der Waals surface area (Å²) in [6.07, 6.45) is 1.57. The van der Waals surface area contributed by atoms with Gasteiger partial charge in [0.2, 0.25) is 0 Å². The molecule has 2 rings (SSSR count). The van der Waals surface area contributed by atoms with Crippen LogP contribution in [0.15, 0.2) is 30.5 Å². The van der Waals surface area contributed by atoms with Crippen LogP contribution >= 0.6 is 0 Å². The van der Waals surface area contributed by atoms with Crippen LogP contribution in [0.3, 0.4) is 0 Å². The zero-order valence-corrected chi connectivity index (χ0v) is 8.87. The molecule has 0 aromatic carbocycles. The van der Waals surface area contributed by atoms with Crippen molar-refractivity contribution >= 4 is 11.7 Å². The molecule has 2 aromatic heterocycles. The van der Waals surface area contributed by atoms with Crippen molar-refractivity contribution in [2.24, 2.45) is 0 Å². The molecule has 0 atom stereocenters. The molecule has 0 bridgehead atoms. The van der Waals surface area contributed by atoms with Crippen molar-refractivity contribution in [2.45, 2.75) is 6.54 Å². The van der Waals surface area contributed by atoms with E-state index in [4.69, 9.17) is 5.73 Å². The summed E-state index contributed by atoms with van der Waals surface area (Å²) in [7, 11) is 0. The van der Waals surface area contributed by atoms with Gasteiger partial charge in [-0.15, -0.1) is 10.2 Å². The highest BCUT2D eigenvalue weighted by Gasteiger charge is 2.07. The van der Waals surface area contributed by atoms with E-state index in [0.29, 0.717) is 12.2 Å². The highest BCUT2D eigenvalue weighted by Crippen LogP contribution is 1.98. The largest absolute Gasteiger partial charge is 0.382 e. The minimum absolute atomic E-state index is 0.211. The topological polar surface area (TPSA) is 107 Å². The Morgan fingerprint density at radius 1 is 1.24 bits per heavy atom. The number of hydrogen-bond donors (Lipinski definition) is 2. The molecule has 2 heterocycles. The third-order valence-electron chi connectivity index (χ3n) is 1.98. The molecule has 17 heavy (non-hydrogen) atoms. The van der Waals surface area contributed by atoms with Crippen molar-refractivity contribution in [1.29, 1.82) is 0 Å². The second kappa shape index (κ2) is 4.97. The molecule has 7 nitrogen and oxygen atoms in total. The van der Waals surface area contributed by atoms with Crippen LogP contribution in [-0.4, -0.2) is 26.3 Å². The van der Waals surface area contributed by atoms with Crippen molar-refractivity contribution in [3.8, 4) is 0 Å². The first-order valence-corrected chi connectivity index (χ1v) is 4.89. The monoisotopic (exact) mass is 230 g/mol. The molecule has 0 saturated carbocycles. The van der Waals surface area contributed by atoms with Crippen LogP contribution in [0.1, 0.15) is 16.2 Å². The van der Waals surface area contributed by atoms with Gasteiger partial charge in [-0.3, -0.25) is 4.79 Å². The molecule has 7 heteroatoms. The number of hydrogen-bond acceptors (Lipinski definition) is 6. The fraction of sp³-hybridized carbons (Fsp3) is 0.100. The van der Waals surface area contributed by atoms with Crippen LogP contribution in [0.5, 0.6) is 0 Å². The quantitative estimate of drug-likeness (QED) is 0.754. The van der Waals surface area contributed by atoms with Crippen molar-refractivity contribution in [2.75, 3.05) is 5.73 Å².